The number of amides is 1. The monoisotopic (exact) mass is 341 g/mol. The van der Waals surface area contributed by atoms with E-state index in [1.807, 2.05) is 0 Å². The van der Waals surface area contributed by atoms with E-state index in [9.17, 15) is 18.0 Å². The average Bonchev–Trinajstić information content (AvgIpc) is 2.46. The van der Waals surface area contributed by atoms with Crippen molar-refractivity contribution in [2.24, 2.45) is 0 Å². The van der Waals surface area contributed by atoms with Crippen LogP contribution in [0.25, 0.3) is 11.1 Å². The number of carbonyl (C=O) groups excluding carboxylic acids is 1. The number of rotatable bonds is 1. The van der Waals surface area contributed by atoms with Crippen LogP contribution in [-0.4, -0.2) is 6.09 Å². The van der Waals surface area contributed by atoms with E-state index in [0.717, 1.165) is 12.1 Å². The van der Waals surface area contributed by atoms with Crippen molar-refractivity contribution < 1.29 is 22.7 Å². The Hall–Kier alpha value is -2.21. The first-order chi connectivity index (χ1) is 10.8. The van der Waals surface area contributed by atoms with Crippen molar-refractivity contribution in [3.05, 3.63) is 52.5 Å². The van der Waals surface area contributed by atoms with Gasteiger partial charge in [-0.2, -0.15) is 13.2 Å². The molecule has 7 heteroatoms. The van der Waals surface area contributed by atoms with Crippen molar-refractivity contribution in [3.63, 3.8) is 0 Å². The molecule has 1 atom stereocenters. The van der Waals surface area contributed by atoms with E-state index in [2.05, 4.69) is 5.32 Å². The highest BCUT2D eigenvalue weighted by atomic mass is 35.5. The van der Waals surface area contributed by atoms with E-state index >= 15 is 0 Å². The number of hydrogen-bond donors (Lipinski definition) is 1. The molecule has 23 heavy (non-hydrogen) atoms. The lowest BCUT2D eigenvalue weighted by molar-refractivity contribution is -0.137. The average molecular weight is 342 g/mol. The van der Waals surface area contributed by atoms with Gasteiger partial charge in [-0.25, -0.2) is 4.79 Å². The van der Waals surface area contributed by atoms with Crippen LogP contribution in [0.3, 0.4) is 0 Å². The van der Waals surface area contributed by atoms with Gasteiger partial charge in [0.1, 0.15) is 6.10 Å². The zero-order valence-corrected chi connectivity index (χ0v) is 12.6. The van der Waals surface area contributed by atoms with E-state index in [-0.39, 0.29) is 5.02 Å². The van der Waals surface area contributed by atoms with Gasteiger partial charge in [0.15, 0.2) is 0 Å². The smallest absolute Gasteiger partial charge is 0.416 e. The lowest BCUT2D eigenvalue weighted by atomic mass is 9.97. The third-order valence-corrected chi connectivity index (χ3v) is 4.01. The van der Waals surface area contributed by atoms with Crippen LogP contribution in [0.2, 0.25) is 5.02 Å². The van der Waals surface area contributed by atoms with Gasteiger partial charge in [0.05, 0.1) is 16.3 Å². The summed E-state index contributed by atoms with van der Waals surface area (Å²) in [6.45, 7) is 1.65. The Morgan fingerprint density at radius 3 is 2.65 bits per heavy atom. The second-order valence-corrected chi connectivity index (χ2v) is 5.52. The number of hydrogen-bond acceptors (Lipinski definition) is 2. The van der Waals surface area contributed by atoms with Crippen molar-refractivity contribution >= 4 is 23.4 Å². The molecule has 0 radical (unpaired) electrons. The molecule has 1 heterocycles. The fourth-order valence-corrected chi connectivity index (χ4v) is 2.97. The minimum absolute atomic E-state index is 0.259. The molecule has 2 aromatic carbocycles. The van der Waals surface area contributed by atoms with E-state index in [1.54, 1.807) is 25.1 Å². The van der Waals surface area contributed by atoms with Crippen LogP contribution in [0.4, 0.5) is 23.7 Å². The number of halogens is 4. The summed E-state index contributed by atoms with van der Waals surface area (Å²) in [5, 5.41) is 2.78. The van der Waals surface area contributed by atoms with Gasteiger partial charge in [-0.15, -0.1) is 0 Å². The molecule has 0 aliphatic carbocycles. The number of ether oxygens (including phenoxy) is 1. The second-order valence-electron chi connectivity index (χ2n) is 5.14. The molecule has 0 fully saturated rings. The summed E-state index contributed by atoms with van der Waals surface area (Å²) in [6, 6.07) is 8.11. The van der Waals surface area contributed by atoms with Crippen molar-refractivity contribution in [2.75, 3.05) is 5.32 Å². The maximum absolute atomic E-state index is 12.9. The number of anilines is 1. The van der Waals surface area contributed by atoms with Crippen molar-refractivity contribution in [1.29, 1.82) is 0 Å². The van der Waals surface area contributed by atoms with E-state index < -0.39 is 23.9 Å². The van der Waals surface area contributed by atoms with Gasteiger partial charge < -0.3 is 4.74 Å². The maximum Gasteiger partial charge on any atom is 0.416 e. The van der Waals surface area contributed by atoms with Gasteiger partial charge in [-0.1, -0.05) is 29.8 Å². The molecule has 1 aliphatic rings. The van der Waals surface area contributed by atoms with Gasteiger partial charge in [0.25, 0.3) is 0 Å². The van der Waals surface area contributed by atoms with Crippen molar-refractivity contribution in [2.45, 2.75) is 19.2 Å². The molecule has 0 saturated heterocycles. The Morgan fingerprint density at radius 2 is 1.96 bits per heavy atom. The summed E-state index contributed by atoms with van der Waals surface area (Å²) in [5.74, 6) is 0. The summed E-state index contributed by atoms with van der Waals surface area (Å²) < 4.78 is 43.6. The number of cyclic esters (lactones) is 1. The van der Waals surface area contributed by atoms with Gasteiger partial charge in [0, 0.05) is 11.1 Å². The van der Waals surface area contributed by atoms with Gasteiger partial charge >= 0.3 is 12.3 Å². The van der Waals surface area contributed by atoms with Gasteiger partial charge in [-0.3, -0.25) is 5.32 Å². The number of benzene rings is 2. The molecule has 3 nitrogen and oxygen atoms in total. The van der Waals surface area contributed by atoms with Crippen LogP contribution in [0.5, 0.6) is 0 Å². The molecule has 0 aromatic heterocycles. The quantitative estimate of drug-likeness (QED) is 0.728. The van der Waals surface area contributed by atoms with Crippen LogP contribution in [-0.2, 0) is 10.9 Å². The lowest BCUT2D eigenvalue weighted by Gasteiger charge is -2.25. The first-order valence-corrected chi connectivity index (χ1v) is 7.13. The molecule has 0 saturated carbocycles. The fourth-order valence-electron chi connectivity index (χ4n) is 2.54. The van der Waals surface area contributed by atoms with Crippen LogP contribution >= 0.6 is 11.6 Å². The predicted octanol–water partition coefficient (Wildman–Crippen LogP) is 5.65. The zero-order chi connectivity index (χ0) is 16.8. The molecule has 0 spiro atoms. The Morgan fingerprint density at radius 1 is 1.22 bits per heavy atom. The molecule has 1 amide bonds. The summed E-state index contributed by atoms with van der Waals surface area (Å²) in [7, 11) is 0. The summed E-state index contributed by atoms with van der Waals surface area (Å²) in [5.41, 5.74) is 1.08. The Kier molecular flexibility index (Phi) is 3.72. The van der Waals surface area contributed by atoms with Crippen LogP contribution in [0.1, 0.15) is 24.2 Å². The Balaban J connectivity index is 2.12. The summed E-state index contributed by atoms with van der Waals surface area (Å²) >= 11 is 6.36. The van der Waals surface area contributed by atoms with E-state index in [0.29, 0.717) is 22.4 Å². The number of carbonyl (C=O) groups is 1. The molecule has 3 rings (SSSR count). The minimum atomic E-state index is -4.43. The largest absolute Gasteiger partial charge is 0.441 e. The number of fused-ring (bicyclic) bond motifs is 1. The Labute approximate surface area is 135 Å². The Bertz CT molecular complexity index is 789. The molecule has 1 unspecified atom stereocenters. The lowest BCUT2D eigenvalue weighted by Crippen LogP contribution is -2.23. The highest BCUT2D eigenvalue weighted by Gasteiger charge is 2.31. The summed E-state index contributed by atoms with van der Waals surface area (Å²) in [4.78, 5) is 11.4. The first-order valence-electron chi connectivity index (χ1n) is 6.75. The SMILES string of the molecule is CC1OC(=O)Nc2ccc(-c3cccc(C(F)(F)F)c3)c(Cl)c21. The van der Waals surface area contributed by atoms with E-state index in [1.165, 1.54) is 6.07 Å². The summed E-state index contributed by atoms with van der Waals surface area (Å²) in [6.07, 6.45) is -5.61. The van der Waals surface area contributed by atoms with Crippen molar-refractivity contribution in [3.8, 4) is 11.1 Å². The second kappa shape index (κ2) is 5.45. The zero-order valence-electron chi connectivity index (χ0n) is 11.9. The molecule has 0 bridgehead atoms. The van der Waals surface area contributed by atoms with Crippen LogP contribution in [0.15, 0.2) is 36.4 Å². The normalized spacial score (nSPS) is 17.3. The number of nitrogens with one attached hydrogen (secondary N) is 1. The van der Waals surface area contributed by atoms with Gasteiger partial charge in [0.2, 0.25) is 0 Å². The highest BCUT2D eigenvalue weighted by molar-refractivity contribution is 6.34. The molecule has 1 aliphatic heterocycles. The molecule has 1 N–H and O–H groups in total. The topological polar surface area (TPSA) is 38.3 Å². The highest BCUT2D eigenvalue weighted by Crippen LogP contribution is 2.42. The molecular formula is C16H11ClF3NO2. The third-order valence-electron chi connectivity index (χ3n) is 3.61. The van der Waals surface area contributed by atoms with Crippen LogP contribution < -0.4 is 5.32 Å². The standard InChI is InChI=1S/C16H11ClF3NO2/c1-8-13-12(21-15(22)23-8)6-5-11(14(13)17)9-3-2-4-10(7-9)16(18,19)20/h2-8H,1H3,(H,21,22). The number of alkyl halides is 3. The van der Waals surface area contributed by atoms with E-state index in [4.69, 9.17) is 16.3 Å². The van der Waals surface area contributed by atoms with Gasteiger partial charge in [-0.05, 0) is 30.7 Å². The molecule has 120 valence electrons. The molecule has 2 aromatic rings. The molecular weight excluding hydrogens is 331 g/mol. The predicted molar refractivity (Wildman–Crippen MR) is 80.4 cm³/mol. The fraction of sp³-hybridized carbons (Fsp3) is 0.188. The third kappa shape index (κ3) is 2.86. The maximum atomic E-state index is 12.9. The van der Waals surface area contributed by atoms with Crippen LogP contribution in [0, 0.1) is 0 Å². The minimum Gasteiger partial charge on any atom is -0.441 e. The first kappa shape index (κ1) is 15.7. The van der Waals surface area contributed by atoms with Crippen molar-refractivity contribution in [1.82, 2.24) is 0 Å².